The van der Waals surface area contributed by atoms with E-state index in [2.05, 4.69) is 47.8 Å². The average Bonchev–Trinajstić information content (AvgIpc) is 3.43. The van der Waals surface area contributed by atoms with Gasteiger partial charge in [-0.2, -0.15) is 5.26 Å². The Morgan fingerprint density at radius 1 is 1.17 bits per heavy atom. The molecule has 0 amide bonds. The van der Waals surface area contributed by atoms with E-state index in [1.807, 2.05) is 13.0 Å². The topological polar surface area (TPSA) is 104 Å². The van der Waals surface area contributed by atoms with E-state index in [9.17, 15) is 0 Å². The maximum absolute atomic E-state index is 8.98. The molecule has 8 nitrogen and oxygen atoms in total. The molecule has 0 spiro atoms. The molecule has 29 heavy (non-hydrogen) atoms. The third kappa shape index (κ3) is 2.65. The maximum Gasteiger partial charge on any atom is 0.179 e. The van der Waals surface area contributed by atoms with Gasteiger partial charge >= 0.3 is 0 Å². The van der Waals surface area contributed by atoms with Gasteiger partial charge in [0.15, 0.2) is 5.65 Å². The van der Waals surface area contributed by atoms with Gasteiger partial charge in [0.25, 0.3) is 0 Å². The van der Waals surface area contributed by atoms with Crippen LogP contribution in [0.1, 0.15) is 49.2 Å². The van der Waals surface area contributed by atoms with Crippen molar-refractivity contribution in [1.82, 2.24) is 24.6 Å². The van der Waals surface area contributed by atoms with Gasteiger partial charge in [0.1, 0.15) is 23.5 Å². The quantitative estimate of drug-likeness (QED) is 0.693. The molecule has 2 saturated carbocycles. The summed E-state index contributed by atoms with van der Waals surface area (Å²) in [5.74, 6) is 2.62. The Labute approximate surface area is 168 Å². The first-order valence-corrected chi connectivity index (χ1v) is 9.81. The number of aromatic nitrogens is 5. The van der Waals surface area contributed by atoms with Gasteiger partial charge in [-0.05, 0) is 57.4 Å². The summed E-state index contributed by atoms with van der Waals surface area (Å²) in [5, 5.41) is 24.7. The van der Waals surface area contributed by atoms with Gasteiger partial charge in [-0.15, -0.1) is 10.2 Å². The van der Waals surface area contributed by atoms with Crippen LogP contribution in [0.15, 0.2) is 37.3 Å². The van der Waals surface area contributed by atoms with Gasteiger partial charge in [0, 0.05) is 17.2 Å². The minimum Gasteiger partial charge on any atom is -0.365 e. The zero-order valence-corrected chi connectivity index (χ0v) is 16.3. The SMILES string of the molecule is C=CNc1ncc2nnc(C34CCC(Nc5ccc(C#N)cn5)(CC3)C4)n2c1C. The number of nitrogens with zero attached hydrogens (tertiary/aromatic N) is 6. The van der Waals surface area contributed by atoms with E-state index >= 15 is 0 Å². The van der Waals surface area contributed by atoms with Crippen molar-refractivity contribution in [2.75, 3.05) is 10.6 Å². The molecule has 2 fully saturated rings. The lowest BCUT2D eigenvalue weighted by molar-refractivity contribution is 0.388. The predicted molar refractivity (Wildman–Crippen MR) is 109 cm³/mol. The Bertz CT molecular complexity index is 1130. The van der Waals surface area contributed by atoms with Crippen LogP contribution in [-0.2, 0) is 5.41 Å². The van der Waals surface area contributed by atoms with Crippen LogP contribution >= 0.6 is 0 Å². The molecule has 5 rings (SSSR count). The van der Waals surface area contributed by atoms with Crippen LogP contribution in [0.3, 0.4) is 0 Å². The van der Waals surface area contributed by atoms with Gasteiger partial charge < -0.3 is 10.6 Å². The molecular formula is C21H22N8. The van der Waals surface area contributed by atoms with Crippen molar-refractivity contribution in [2.24, 2.45) is 0 Å². The Morgan fingerprint density at radius 3 is 2.69 bits per heavy atom. The van der Waals surface area contributed by atoms with Crippen LogP contribution < -0.4 is 10.6 Å². The van der Waals surface area contributed by atoms with Crippen molar-refractivity contribution >= 4 is 17.3 Å². The van der Waals surface area contributed by atoms with E-state index in [4.69, 9.17) is 5.26 Å². The fourth-order valence-electron chi connectivity index (χ4n) is 5.10. The molecule has 146 valence electrons. The van der Waals surface area contributed by atoms with E-state index < -0.39 is 0 Å². The molecule has 0 aromatic carbocycles. The van der Waals surface area contributed by atoms with E-state index in [0.29, 0.717) is 5.56 Å². The lowest BCUT2D eigenvalue weighted by Gasteiger charge is -2.28. The van der Waals surface area contributed by atoms with Crippen molar-refractivity contribution in [3.8, 4) is 6.07 Å². The first kappa shape index (κ1) is 17.6. The minimum absolute atomic E-state index is 0.00340. The third-order valence-electron chi connectivity index (χ3n) is 6.52. The van der Waals surface area contributed by atoms with E-state index in [1.165, 1.54) is 0 Å². The Balaban J connectivity index is 1.48. The fourth-order valence-corrected chi connectivity index (χ4v) is 5.10. The Kier molecular flexibility index (Phi) is 3.81. The van der Waals surface area contributed by atoms with Crippen molar-refractivity contribution in [3.63, 3.8) is 0 Å². The van der Waals surface area contributed by atoms with Crippen molar-refractivity contribution in [1.29, 1.82) is 5.26 Å². The zero-order valence-electron chi connectivity index (χ0n) is 16.3. The second-order valence-electron chi connectivity index (χ2n) is 8.16. The molecule has 0 atom stereocenters. The van der Waals surface area contributed by atoms with Crippen LogP contribution in [0.5, 0.6) is 0 Å². The van der Waals surface area contributed by atoms with Crippen LogP contribution in [-0.4, -0.2) is 30.1 Å². The summed E-state index contributed by atoms with van der Waals surface area (Å²) in [6.45, 7) is 5.77. The molecule has 3 aromatic heterocycles. The Morgan fingerprint density at radius 2 is 2.00 bits per heavy atom. The summed E-state index contributed by atoms with van der Waals surface area (Å²) in [5.41, 5.74) is 2.34. The molecule has 0 aliphatic heterocycles. The molecular weight excluding hydrogens is 364 g/mol. The highest BCUT2D eigenvalue weighted by Crippen LogP contribution is 2.58. The molecule has 2 N–H and O–H groups in total. The van der Waals surface area contributed by atoms with Crippen molar-refractivity contribution in [3.05, 3.63) is 54.4 Å². The van der Waals surface area contributed by atoms with Gasteiger partial charge in [-0.1, -0.05) is 6.58 Å². The first-order valence-electron chi connectivity index (χ1n) is 9.81. The fraction of sp³-hybridized carbons (Fsp3) is 0.381. The minimum atomic E-state index is -0.00340. The van der Waals surface area contributed by atoms with Crippen LogP contribution in [0.4, 0.5) is 11.6 Å². The lowest BCUT2D eigenvalue weighted by atomic mass is 9.83. The number of hydrogen-bond acceptors (Lipinski definition) is 7. The monoisotopic (exact) mass is 386 g/mol. The highest BCUT2D eigenvalue weighted by atomic mass is 15.3. The first-order chi connectivity index (χ1) is 14.1. The van der Waals surface area contributed by atoms with Gasteiger partial charge in [0.2, 0.25) is 0 Å². The summed E-state index contributed by atoms with van der Waals surface area (Å²) < 4.78 is 2.14. The number of pyridine rings is 1. The summed E-state index contributed by atoms with van der Waals surface area (Å²) in [7, 11) is 0. The number of nitrogens with one attached hydrogen (secondary N) is 2. The molecule has 8 heteroatoms. The van der Waals surface area contributed by atoms with E-state index in [-0.39, 0.29) is 11.0 Å². The number of anilines is 2. The maximum atomic E-state index is 8.98. The summed E-state index contributed by atoms with van der Waals surface area (Å²) in [4.78, 5) is 8.84. The standard InChI is InChI=1S/C21H22N8/c1-3-23-18-14(2)29-17(12-25-18)27-28-19(29)20-6-8-21(13-20,9-7-20)26-16-5-4-15(10-22)11-24-16/h3-5,11-12,23H,1,6-9,13H2,2H3,(H,24,26). The molecule has 0 radical (unpaired) electrons. The average molecular weight is 386 g/mol. The molecule has 0 unspecified atom stereocenters. The number of aryl methyl sites for hydroxylation is 1. The van der Waals surface area contributed by atoms with Crippen molar-refractivity contribution in [2.45, 2.75) is 50.0 Å². The zero-order chi connectivity index (χ0) is 20.1. The Hall–Kier alpha value is -3.47. The van der Waals surface area contributed by atoms with Gasteiger partial charge in [-0.3, -0.25) is 4.40 Å². The number of fused-ring (bicyclic) bond motifs is 3. The molecule has 0 saturated heterocycles. The van der Waals surface area contributed by atoms with Crippen molar-refractivity contribution < 1.29 is 0 Å². The highest BCUT2D eigenvalue weighted by Gasteiger charge is 2.57. The van der Waals surface area contributed by atoms with E-state index in [0.717, 1.165) is 60.9 Å². The highest BCUT2D eigenvalue weighted by molar-refractivity contribution is 5.51. The summed E-state index contributed by atoms with van der Waals surface area (Å²) >= 11 is 0. The second kappa shape index (κ2) is 6.27. The molecule has 3 aromatic rings. The second-order valence-corrected chi connectivity index (χ2v) is 8.16. The summed E-state index contributed by atoms with van der Waals surface area (Å²) in [6.07, 6.45) is 10.2. The van der Waals surface area contributed by atoms with Crippen LogP contribution in [0, 0.1) is 18.3 Å². The van der Waals surface area contributed by atoms with Crippen LogP contribution in [0.2, 0.25) is 0 Å². The van der Waals surface area contributed by atoms with Gasteiger partial charge in [0.05, 0.1) is 17.5 Å². The number of rotatable bonds is 5. The third-order valence-corrected chi connectivity index (χ3v) is 6.52. The molecule has 3 heterocycles. The number of hydrogen-bond donors (Lipinski definition) is 2. The molecule has 2 aliphatic carbocycles. The normalized spacial score (nSPS) is 25.1. The predicted octanol–water partition coefficient (Wildman–Crippen LogP) is 3.32. The van der Waals surface area contributed by atoms with E-state index in [1.54, 1.807) is 24.7 Å². The lowest BCUT2D eigenvalue weighted by Crippen LogP contribution is -2.33. The van der Waals surface area contributed by atoms with Gasteiger partial charge in [-0.25, -0.2) is 9.97 Å². The molecule has 2 aliphatic rings. The smallest absolute Gasteiger partial charge is 0.179 e. The largest absolute Gasteiger partial charge is 0.365 e. The van der Waals surface area contributed by atoms with Crippen LogP contribution in [0.25, 0.3) is 5.65 Å². The number of nitriles is 1. The molecule has 2 bridgehead atoms. The summed E-state index contributed by atoms with van der Waals surface area (Å²) in [6, 6.07) is 5.81.